The number of nitriles is 1. The monoisotopic (exact) mass is 282 g/mol. The second kappa shape index (κ2) is 5.02. The largest absolute Gasteiger partial charge is 0.359 e. The third-order valence-corrected chi connectivity index (χ3v) is 3.73. The van der Waals surface area contributed by atoms with Crippen molar-refractivity contribution in [3.63, 3.8) is 0 Å². The molecule has 1 aromatic carbocycles. The first-order chi connectivity index (χ1) is 10.1. The van der Waals surface area contributed by atoms with Crippen LogP contribution in [0.2, 0.25) is 0 Å². The number of non-ortho nitro benzene ring substituents is 1. The summed E-state index contributed by atoms with van der Waals surface area (Å²) >= 11 is 0. The molecule has 1 saturated carbocycles. The van der Waals surface area contributed by atoms with Gasteiger partial charge in [0.05, 0.1) is 22.1 Å². The van der Waals surface area contributed by atoms with Crippen LogP contribution in [-0.2, 0) is 0 Å². The van der Waals surface area contributed by atoms with E-state index in [1.54, 1.807) is 12.1 Å². The molecule has 0 spiro atoms. The molecule has 0 aliphatic heterocycles. The molecule has 1 fully saturated rings. The van der Waals surface area contributed by atoms with E-state index < -0.39 is 4.92 Å². The van der Waals surface area contributed by atoms with Gasteiger partial charge in [-0.3, -0.25) is 10.1 Å². The number of anilines is 1. The highest BCUT2D eigenvalue weighted by atomic mass is 16.6. The molecule has 0 radical (unpaired) electrons. The summed E-state index contributed by atoms with van der Waals surface area (Å²) in [5, 5.41) is 20.7. The van der Waals surface area contributed by atoms with Crippen LogP contribution in [0, 0.1) is 27.4 Å². The number of rotatable bonds is 4. The van der Waals surface area contributed by atoms with Gasteiger partial charge < -0.3 is 4.90 Å². The molecule has 0 bridgehead atoms. The molecule has 21 heavy (non-hydrogen) atoms. The zero-order chi connectivity index (χ0) is 15.0. The molecule has 106 valence electrons. The maximum atomic E-state index is 10.8. The first kappa shape index (κ1) is 13.3. The lowest BCUT2D eigenvalue weighted by Crippen LogP contribution is -2.21. The van der Waals surface area contributed by atoms with Crippen LogP contribution < -0.4 is 4.90 Å². The average Bonchev–Trinajstić information content (AvgIpc) is 3.29. The van der Waals surface area contributed by atoms with Crippen molar-refractivity contribution in [2.75, 3.05) is 18.5 Å². The molecule has 0 atom stereocenters. The van der Waals surface area contributed by atoms with Crippen LogP contribution in [0.3, 0.4) is 0 Å². The molecule has 1 aliphatic rings. The van der Waals surface area contributed by atoms with E-state index in [2.05, 4.69) is 11.1 Å². The van der Waals surface area contributed by atoms with Crippen molar-refractivity contribution in [2.45, 2.75) is 12.8 Å². The van der Waals surface area contributed by atoms with Gasteiger partial charge in [-0.1, -0.05) is 0 Å². The predicted octanol–water partition coefficient (Wildman–Crippen LogP) is 2.86. The Labute approximate surface area is 121 Å². The summed E-state index contributed by atoms with van der Waals surface area (Å²) in [4.78, 5) is 16.9. The van der Waals surface area contributed by atoms with Crippen molar-refractivity contribution in [2.24, 2.45) is 5.92 Å². The summed E-state index contributed by atoms with van der Waals surface area (Å²) in [5.41, 5.74) is 0.999. The summed E-state index contributed by atoms with van der Waals surface area (Å²) in [6.45, 7) is 0.927. The van der Waals surface area contributed by atoms with E-state index in [9.17, 15) is 15.4 Å². The molecule has 1 aromatic heterocycles. The molecule has 2 aromatic rings. The quantitative estimate of drug-likeness (QED) is 0.636. The summed E-state index contributed by atoms with van der Waals surface area (Å²) in [5.74, 6) is 1.45. The fraction of sp³-hybridized carbons (Fsp3) is 0.333. The highest BCUT2D eigenvalue weighted by Crippen LogP contribution is 2.31. The van der Waals surface area contributed by atoms with Gasteiger partial charge in [0, 0.05) is 31.1 Å². The molecule has 0 N–H and O–H groups in total. The number of aromatic nitrogens is 1. The highest BCUT2D eigenvalue weighted by molar-refractivity contribution is 5.88. The minimum Gasteiger partial charge on any atom is -0.359 e. The first-order valence-electron chi connectivity index (χ1n) is 6.79. The first-order valence-corrected chi connectivity index (χ1v) is 6.79. The highest BCUT2D eigenvalue weighted by Gasteiger charge is 2.24. The third kappa shape index (κ3) is 2.63. The van der Waals surface area contributed by atoms with Gasteiger partial charge in [-0.15, -0.1) is 0 Å². The standard InChI is InChI=1S/C15H14N4O2/c1-18(9-10-2-3-10)15-6-11(8-16)13-7-12(19(20)21)4-5-14(13)17-15/h4-7,10H,2-3,9H2,1H3. The topological polar surface area (TPSA) is 83.1 Å². The van der Waals surface area contributed by atoms with Gasteiger partial charge in [0.1, 0.15) is 5.82 Å². The number of pyridine rings is 1. The number of fused-ring (bicyclic) bond motifs is 1. The van der Waals surface area contributed by atoms with Crippen LogP contribution in [0.1, 0.15) is 18.4 Å². The number of hydrogen-bond acceptors (Lipinski definition) is 5. The van der Waals surface area contributed by atoms with Gasteiger partial charge in [-0.05, 0) is 30.9 Å². The third-order valence-electron chi connectivity index (χ3n) is 3.73. The Bertz CT molecular complexity index is 762. The number of hydrogen-bond donors (Lipinski definition) is 0. The van der Waals surface area contributed by atoms with E-state index in [0.717, 1.165) is 18.3 Å². The molecule has 0 unspecified atom stereocenters. The van der Waals surface area contributed by atoms with Crippen LogP contribution in [-0.4, -0.2) is 23.5 Å². The maximum absolute atomic E-state index is 10.8. The van der Waals surface area contributed by atoms with Crippen molar-refractivity contribution in [1.82, 2.24) is 4.98 Å². The fourth-order valence-corrected chi connectivity index (χ4v) is 2.38. The van der Waals surface area contributed by atoms with Crippen LogP contribution in [0.25, 0.3) is 10.9 Å². The Balaban J connectivity index is 2.07. The Kier molecular flexibility index (Phi) is 3.18. The van der Waals surface area contributed by atoms with Crippen molar-refractivity contribution in [3.05, 3.63) is 39.9 Å². The van der Waals surface area contributed by atoms with Gasteiger partial charge in [-0.2, -0.15) is 5.26 Å². The van der Waals surface area contributed by atoms with E-state index in [1.165, 1.54) is 25.0 Å². The lowest BCUT2D eigenvalue weighted by Gasteiger charge is -2.18. The van der Waals surface area contributed by atoms with E-state index in [0.29, 0.717) is 16.5 Å². The van der Waals surface area contributed by atoms with Crippen LogP contribution in [0.4, 0.5) is 11.5 Å². The average molecular weight is 282 g/mol. The molecule has 6 nitrogen and oxygen atoms in total. The van der Waals surface area contributed by atoms with Gasteiger partial charge in [0.25, 0.3) is 5.69 Å². The predicted molar refractivity (Wildman–Crippen MR) is 79.1 cm³/mol. The lowest BCUT2D eigenvalue weighted by atomic mass is 10.1. The molecular weight excluding hydrogens is 268 g/mol. The van der Waals surface area contributed by atoms with Gasteiger partial charge in [0.15, 0.2) is 0 Å². The van der Waals surface area contributed by atoms with Gasteiger partial charge in [0.2, 0.25) is 0 Å². The fourth-order valence-electron chi connectivity index (χ4n) is 2.38. The lowest BCUT2D eigenvalue weighted by molar-refractivity contribution is -0.384. The maximum Gasteiger partial charge on any atom is 0.270 e. The van der Waals surface area contributed by atoms with Crippen LogP contribution >= 0.6 is 0 Å². The molecule has 6 heteroatoms. The van der Waals surface area contributed by atoms with Gasteiger partial charge >= 0.3 is 0 Å². The second-order valence-electron chi connectivity index (χ2n) is 5.42. The summed E-state index contributed by atoms with van der Waals surface area (Å²) in [6.07, 6.45) is 2.49. The molecular formula is C15H14N4O2. The molecule has 1 heterocycles. The van der Waals surface area contributed by atoms with Crippen molar-refractivity contribution < 1.29 is 4.92 Å². The summed E-state index contributed by atoms with van der Waals surface area (Å²) in [6, 6.07) is 8.24. The van der Waals surface area contributed by atoms with Crippen molar-refractivity contribution in [3.8, 4) is 6.07 Å². The van der Waals surface area contributed by atoms with Crippen LogP contribution in [0.15, 0.2) is 24.3 Å². The number of nitrogens with zero attached hydrogens (tertiary/aromatic N) is 4. The normalized spacial score (nSPS) is 13.9. The SMILES string of the molecule is CN(CC1CC1)c1cc(C#N)c2cc([N+](=O)[O-])ccc2n1. The molecule has 1 aliphatic carbocycles. The Hall–Kier alpha value is -2.68. The van der Waals surface area contributed by atoms with E-state index in [-0.39, 0.29) is 5.69 Å². The van der Waals surface area contributed by atoms with Gasteiger partial charge in [-0.25, -0.2) is 4.98 Å². The number of nitro benzene ring substituents is 1. The zero-order valence-corrected chi connectivity index (χ0v) is 11.6. The minimum atomic E-state index is -0.465. The Morgan fingerprint density at radius 3 is 2.86 bits per heavy atom. The molecule has 0 amide bonds. The van der Waals surface area contributed by atoms with E-state index in [1.807, 2.05) is 11.9 Å². The smallest absolute Gasteiger partial charge is 0.270 e. The second-order valence-corrected chi connectivity index (χ2v) is 5.42. The van der Waals surface area contributed by atoms with E-state index >= 15 is 0 Å². The zero-order valence-electron chi connectivity index (χ0n) is 11.6. The minimum absolute atomic E-state index is 0.0279. The summed E-state index contributed by atoms with van der Waals surface area (Å²) in [7, 11) is 1.96. The number of nitro groups is 1. The van der Waals surface area contributed by atoms with Crippen molar-refractivity contribution >= 4 is 22.4 Å². The number of benzene rings is 1. The van der Waals surface area contributed by atoms with Crippen molar-refractivity contribution in [1.29, 1.82) is 5.26 Å². The Morgan fingerprint density at radius 2 is 2.24 bits per heavy atom. The van der Waals surface area contributed by atoms with E-state index in [4.69, 9.17) is 0 Å². The Morgan fingerprint density at radius 1 is 1.48 bits per heavy atom. The molecule has 3 rings (SSSR count). The summed E-state index contributed by atoms with van der Waals surface area (Å²) < 4.78 is 0. The molecule has 0 saturated heterocycles. The van der Waals surface area contributed by atoms with Crippen LogP contribution in [0.5, 0.6) is 0 Å².